The lowest BCUT2D eigenvalue weighted by Crippen LogP contribution is -2.16. The molecule has 0 aliphatic heterocycles. The molecule has 4 rings (SSSR count). The largest absolute Gasteiger partial charge is 0.290 e. The Balaban J connectivity index is 1.78. The summed E-state index contributed by atoms with van der Waals surface area (Å²) in [4.78, 5) is 21.9. The highest BCUT2D eigenvalue weighted by Crippen LogP contribution is 2.31. The average molecular weight is 371 g/mol. The third-order valence-electron chi connectivity index (χ3n) is 5.12. The van der Waals surface area contributed by atoms with E-state index in [9.17, 15) is 10.1 Å². The molecular formula is C22H21N5O. The maximum Gasteiger partial charge on any atom is 0.206 e. The van der Waals surface area contributed by atoms with E-state index in [1.54, 1.807) is 13.0 Å². The number of aryl methyl sites for hydroxylation is 3. The van der Waals surface area contributed by atoms with Gasteiger partial charge in [-0.3, -0.25) is 4.79 Å². The lowest BCUT2D eigenvalue weighted by Gasteiger charge is -2.09. The minimum atomic E-state index is -0.980. The van der Waals surface area contributed by atoms with Crippen LogP contribution in [0.25, 0.3) is 5.69 Å². The van der Waals surface area contributed by atoms with Crippen molar-refractivity contribution in [2.75, 3.05) is 0 Å². The Hall–Kier alpha value is -3.33. The Morgan fingerprint density at radius 3 is 2.57 bits per heavy atom. The molecule has 1 aromatic carbocycles. The van der Waals surface area contributed by atoms with Gasteiger partial charge in [0.1, 0.15) is 11.5 Å². The van der Waals surface area contributed by atoms with Crippen molar-refractivity contribution in [2.45, 2.75) is 46.0 Å². The molecule has 1 atom stereocenters. The Bertz CT molecular complexity index is 1080. The first-order valence-electron chi connectivity index (χ1n) is 9.41. The molecule has 0 saturated carbocycles. The fourth-order valence-corrected chi connectivity index (χ4v) is 3.82. The van der Waals surface area contributed by atoms with Gasteiger partial charge < -0.3 is 0 Å². The van der Waals surface area contributed by atoms with Crippen molar-refractivity contribution < 1.29 is 4.79 Å². The van der Waals surface area contributed by atoms with Crippen LogP contribution in [0.4, 0.5) is 0 Å². The normalized spacial score (nSPS) is 13.8. The van der Waals surface area contributed by atoms with Crippen LogP contribution in [0.5, 0.6) is 0 Å². The highest BCUT2D eigenvalue weighted by atomic mass is 16.1. The zero-order valence-electron chi connectivity index (χ0n) is 16.2. The first-order valence-corrected chi connectivity index (χ1v) is 9.41. The number of nitriles is 1. The predicted octanol–water partition coefficient (Wildman–Crippen LogP) is 3.57. The fraction of sp³-hybridized carbons (Fsp3) is 0.318. The van der Waals surface area contributed by atoms with Crippen molar-refractivity contribution in [2.24, 2.45) is 0 Å². The third kappa shape index (κ3) is 3.09. The van der Waals surface area contributed by atoms with Crippen LogP contribution in [0.2, 0.25) is 0 Å². The van der Waals surface area contributed by atoms with Crippen molar-refractivity contribution >= 4 is 5.78 Å². The number of aromatic nitrogens is 4. The molecule has 0 amide bonds. The molecule has 0 radical (unpaired) electrons. The van der Waals surface area contributed by atoms with Crippen molar-refractivity contribution in [3.63, 3.8) is 0 Å². The Morgan fingerprint density at radius 1 is 1.14 bits per heavy atom. The first kappa shape index (κ1) is 18.1. The van der Waals surface area contributed by atoms with Crippen molar-refractivity contribution in [3.8, 4) is 11.8 Å². The predicted molar refractivity (Wildman–Crippen MR) is 105 cm³/mol. The van der Waals surface area contributed by atoms with Gasteiger partial charge >= 0.3 is 0 Å². The highest BCUT2D eigenvalue weighted by molar-refractivity contribution is 6.02. The number of benzene rings is 1. The summed E-state index contributed by atoms with van der Waals surface area (Å²) in [5, 5.41) is 14.4. The van der Waals surface area contributed by atoms with Gasteiger partial charge in [0.05, 0.1) is 17.5 Å². The smallest absolute Gasteiger partial charge is 0.206 e. The molecule has 0 saturated heterocycles. The number of ketones is 1. The van der Waals surface area contributed by atoms with E-state index in [2.05, 4.69) is 21.1 Å². The van der Waals surface area contributed by atoms with Crippen molar-refractivity contribution in [1.82, 2.24) is 19.7 Å². The summed E-state index contributed by atoms with van der Waals surface area (Å²) in [7, 11) is 0. The third-order valence-corrected chi connectivity index (χ3v) is 5.12. The minimum Gasteiger partial charge on any atom is -0.290 e. The molecule has 2 aromatic heterocycles. The summed E-state index contributed by atoms with van der Waals surface area (Å²) in [6.07, 6.45) is 2.68. The van der Waals surface area contributed by atoms with E-state index in [0.29, 0.717) is 17.2 Å². The van der Waals surface area contributed by atoms with E-state index >= 15 is 0 Å². The van der Waals surface area contributed by atoms with Crippen LogP contribution in [0, 0.1) is 32.1 Å². The zero-order valence-corrected chi connectivity index (χ0v) is 16.2. The van der Waals surface area contributed by atoms with Crippen LogP contribution in [-0.2, 0) is 12.8 Å². The van der Waals surface area contributed by atoms with Crippen LogP contribution in [0.15, 0.2) is 30.3 Å². The molecule has 1 aliphatic carbocycles. The van der Waals surface area contributed by atoms with E-state index < -0.39 is 5.92 Å². The van der Waals surface area contributed by atoms with Crippen LogP contribution >= 0.6 is 0 Å². The van der Waals surface area contributed by atoms with Crippen LogP contribution in [0.1, 0.15) is 56.9 Å². The molecule has 1 unspecified atom stereocenters. The second-order valence-electron chi connectivity index (χ2n) is 7.28. The quantitative estimate of drug-likeness (QED) is 0.655. The molecule has 0 spiro atoms. The number of hydrogen-bond donors (Lipinski definition) is 0. The number of nitrogens with zero attached hydrogens (tertiary/aromatic N) is 5. The van der Waals surface area contributed by atoms with Gasteiger partial charge in [0.15, 0.2) is 5.92 Å². The number of fused-ring (bicyclic) bond motifs is 1. The van der Waals surface area contributed by atoms with E-state index in [1.807, 2.05) is 42.8 Å². The lowest BCUT2D eigenvalue weighted by molar-refractivity contribution is 0.0971. The van der Waals surface area contributed by atoms with Gasteiger partial charge in [-0.25, -0.2) is 14.6 Å². The van der Waals surface area contributed by atoms with Crippen molar-refractivity contribution in [1.29, 1.82) is 5.26 Å². The molecule has 3 aromatic rings. The molecule has 6 nitrogen and oxygen atoms in total. The highest BCUT2D eigenvalue weighted by Gasteiger charge is 2.32. The summed E-state index contributed by atoms with van der Waals surface area (Å²) in [6, 6.07) is 11.9. The van der Waals surface area contributed by atoms with Gasteiger partial charge in [0, 0.05) is 17.0 Å². The van der Waals surface area contributed by atoms with Crippen LogP contribution < -0.4 is 0 Å². The minimum absolute atomic E-state index is 0.288. The Labute approximate surface area is 163 Å². The van der Waals surface area contributed by atoms with E-state index in [0.717, 1.165) is 41.9 Å². The summed E-state index contributed by atoms with van der Waals surface area (Å²) >= 11 is 0. The lowest BCUT2D eigenvalue weighted by atomic mass is 9.96. The Morgan fingerprint density at radius 2 is 1.89 bits per heavy atom. The molecule has 6 heteroatoms. The number of rotatable bonds is 4. The molecular weight excluding hydrogens is 350 g/mol. The molecule has 0 N–H and O–H groups in total. The monoisotopic (exact) mass is 371 g/mol. The SMILES string of the molecule is Cc1ccc(-n2nc(C(=O)C(C#N)c3cc(C)nc(C)n3)c3c2CCC3)cc1. The van der Waals surface area contributed by atoms with Gasteiger partial charge in [-0.15, -0.1) is 0 Å². The van der Waals surface area contributed by atoms with Crippen LogP contribution in [-0.4, -0.2) is 25.5 Å². The van der Waals surface area contributed by atoms with Crippen LogP contribution in [0.3, 0.4) is 0 Å². The zero-order chi connectivity index (χ0) is 19.8. The summed E-state index contributed by atoms with van der Waals surface area (Å²) in [5.41, 5.74) is 5.72. The number of carbonyl (C=O) groups excluding carboxylic acids is 1. The number of carbonyl (C=O) groups is 1. The summed E-state index contributed by atoms with van der Waals surface area (Å²) in [6.45, 7) is 5.63. The maximum absolute atomic E-state index is 13.3. The maximum atomic E-state index is 13.3. The molecule has 1 aliphatic rings. The van der Waals surface area contributed by atoms with E-state index in [1.165, 1.54) is 5.56 Å². The summed E-state index contributed by atoms with van der Waals surface area (Å²) < 4.78 is 1.86. The second-order valence-corrected chi connectivity index (χ2v) is 7.28. The summed E-state index contributed by atoms with van der Waals surface area (Å²) in [5.74, 6) is -0.714. The molecule has 0 fully saturated rings. The molecule has 2 heterocycles. The van der Waals surface area contributed by atoms with E-state index in [-0.39, 0.29) is 5.78 Å². The molecule has 0 bridgehead atoms. The van der Waals surface area contributed by atoms with Gasteiger partial charge in [-0.1, -0.05) is 17.7 Å². The van der Waals surface area contributed by atoms with Gasteiger partial charge in [-0.2, -0.15) is 10.4 Å². The number of Topliss-reactive ketones (excluding diaryl/α,β-unsaturated/α-hetero) is 1. The van der Waals surface area contributed by atoms with Gasteiger partial charge in [-0.05, 0) is 58.2 Å². The second kappa shape index (κ2) is 7.01. The standard InChI is InChI=1S/C22H21N5O/c1-13-7-9-16(10-8-13)27-20-6-4-5-17(20)21(26-27)22(28)18(12-23)19-11-14(2)24-15(3)25-19/h7-11,18H,4-6H2,1-3H3. The molecule has 140 valence electrons. The molecule has 28 heavy (non-hydrogen) atoms. The fourth-order valence-electron chi connectivity index (χ4n) is 3.82. The average Bonchev–Trinajstić information content (AvgIpc) is 3.25. The topological polar surface area (TPSA) is 84.5 Å². The van der Waals surface area contributed by atoms with E-state index in [4.69, 9.17) is 0 Å². The number of hydrogen-bond acceptors (Lipinski definition) is 5. The van der Waals surface area contributed by atoms with Crippen molar-refractivity contribution in [3.05, 3.63) is 70.1 Å². The first-order chi connectivity index (χ1) is 13.5. The Kier molecular flexibility index (Phi) is 4.52. The van der Waals surface area contributed by atoms with Gasteiger partial charge in [0.2, 0.25) is 5.78 Å². The van der Waals surface area contributed by atoms with Gasteiger partial charge in [0.25, 0.3) is 0 Å².